The Hall–Kier alpha value is -1.26. The zero-order valence-electron chi connectivity index (χ0n) is 7.40. The lowest BCUT2D eigenvalue weighted by molar-refractivity contribution is -0.138. The predicted octanol–water partition coefficient (Wildman–Crippen LogP) is 1.01. The fourth-order valence-electron chi connectivity index (χ4n) is 1.06. The molecule has 0 aliphatic heterocycles. The highest BCUT2D eigenvalue weighted by Crippen LogP contribution is 2.08. The van der Waals surface area contributed by atoms with Crippen molar-refractivity contribution in [1.82, 2.24) is 4.84 Å². The number of rotatable bonds is 4. The molecule has 1 rings (SSSR count). The molecule has 5 heteroatoms. The Morgan fingerprint density at radius 2 is 2.07 bits per heavy atom. The van der Waals surface area contributed by atoms with Crippen LogP contribution in [0, 0.1) is 0 Å². The van der Waals surface area contributed by atoms with Gasteiger partial charge in [-0.2, -0.15) is 0 Å². The maximum absolute atomic E-state index is 10.6. The standard InChI is InChI=1S/C9H11ClN2O2/c10-12-8(9(13)14)5-6-1-3-7(11)4-2-6/h1-4,8,12H,5,11H2,(H,13,14). The van der Waals surface area contributed by atoms with Crippen molar-refractivity contribution >= 4 is 23.4 Å². The third-order valence-electron chi connectivity index (χ3n) is 1.85. The van der Waals surface area contributed by atoms with Gasteiger partial charge in [-0.05, 0) is 35.9 Å². The molecular weight excluding hydrogens is 204 g/mol. The molecule has 0 aliphatic rings. The molecule has 4 nitrogen and oxygen atoms in total. The van der Waals surface area contributed by atoms with Gasteiger partial charge in [0.15, 0.2) is 0 Å². The van der Waals surface area contributed by atoms with E-state index in [1.54, 1.807) is 24.3 Å². The van der Waals surface area contributed by atoms with Gasteiger partial charge in [0, 0.05) is 5.69 Å². The summed E-state index contributed by atoms with van der Waals surface area (Å²) in [5, 5.41) is 8.72. The van der Waals surface area contributed by atoms with Gasteiger partial charge in [0.05, 0.1) is 0 Å². The molecule has 1 unspecified atom stereocenters. The van der Waals surface area contributed by atoms with Crippen LogP contribution < -0.4 is 10.6 Å². The second-order valence-electron chi connectivity index (χ2n) is 2.95. The minimum absolute atomic E-state index is 0.332. The Bertz CT molecular complexity index is 313. The first-order valence-corrected chi connectivity index (χ1v) is 4.44. The Balaban J connectivity index is 2.67. The molecule has 0 bridgehead atoms. The van der Waals surface area contributed by atoms with Gasteiger partial charge < -0.3 is 10.8 Å². The summed E-state index contributed by atoms with van der Waals surface area (Å²) < 4.78 is 0. The zero-order valence-corrected chi connectivity index (χ0v) is 8.16. The molecule has 0 saturated carbocycles. The Kier molecular flexibility index (Phi) is 3.73. The maximum Gasteiger partial charge on any atom is 0.322 e. The van der Waals surface area contributed by atoms with Crippen molar-refractivity contribution < 1.29 is 9.90 Å². The van der Waals surface area contributed by atoms with Gasteiger partial charge in [0.2, 0.25) is 0 Å². The maximum atomic E-state index is 10.6. The summed E-state index contributed by atoms with van der Waals surface area (Å²) in [5.41, 5.74) is 7.02. The summed E-state index contributed by atoms with van der Waals surface area (Å²) in [6.45, 7) is 0. The number of hydrogen-bond donors (Lipinski definition) is 3. The van der Waals surface area contributed by atoms with E-state index in [1.165, 1.54) is 0 Å². The van der Waals surface area contributed by atoms with Crippen molar-refractivity contribution in [2.24, 2.45) is 0 Å². The Morgan fingerprint density at radius 1 is 1.50 bits per heavy atom. The molecule has 1 atom stereocenters. The highest BCUT2D eigenvalue weighted by molar-refractivity contribution is 6.14. The molecule has 0 fully saturated rings. The summed E-state index contributed by atoms with van der Waals surface area (Å²) in [6, 6.07) is 6.23. The van der Waals surface area contributed by atoms with E-state index in [0.717, 1.165) is 5.56 Å². The molecule has 4 N–H and O–H groups in total. The Morgan fingerprint density at radius 3 is 2.50 bits per heavy atom. The quantitative estimate of drug-likeness (QED) is 0.517. The summed E-state index contributed by atoms with van der Waals surface area (Å²) in [6.07, 6.45) is 0.332. The van der Waals surface area contributed by atoms with E-state index in [2.05, 4.69) is 4.84 Å². The molecule has 76 valence electrons. The van der Waals surface area contributed by atoms with Crippen LogP contribution in [-0.4, -0.2) is 17.1 Å². The van der Waals surface area contributed by atoms with Gasteiger partial charge in [0.1, 0.15) is 6.04 Å². The van der Waals surface area contributed by atoms with E-state index in [9.17, 15) is 4.79 Å². The van der Waals surface area contributed by atoms with Gasteiger partial charge in [0.25, 0.3) is 0 Å². The topological polar surface area (TPSA) is 75.3 Å². The molecule has 0 radical (unpaired) electrons. The molecule has 0 aliphatic carbocycles. The minimum atomic E-state index is -0.975. The van der Waals surface area contributed by atoms with Crippen molar-refractivity contribution in [1.29, 1.82) is 0 Å². The molecule has 0 heterocycles. The van der Waals surface area contributed by atoms with Crippen LogP contribution in [0.4, 0.5) is 5.69 Å². The van der Waals surface area contributed by atoms with Crippen LogP contribution in [0.25, 0.3) is 0 Å². The Labute approximate surface area is 86.8 Å². The van der Waals surface area contributed by atoms with E-state index < -0.39 is 12.0 Å². The number of nitrogens with two attached hydrogens (primary N) is 1. The number of anilines is 1. The zero-order chi connectivity index (χ0) is 10.6. The third kappa shape index (κ3) is 2.90. The van der Waals surface area contributed by atoms with Gasteiger partial charge in [-0.15, -0.1) is 0 Å². The van der Waals surface area contributed by atoms with Crippen molar-refractivity contribution in [2.75, 3.05) is 5.73 Å². The number of nitrogens with one attached hydrogen (secondary N) is 1. The molecule has 0 amide bonds. The molecule has 14 heavy (non-hydrogen) atoms. The van der Waals surface area contributed by atoms with Gasteiger partial charge in [-0.3, -0.25) is 4.79 Å². The fourth-order valence-corrected chi connectivity index (χ4v) is 1.23. The van der Waals surface area contributed by atoms with Crippen LogP contribution in [0.5, 0.6) is 0 Å². The van der Waals surface area contributed by atoms with Crippen molar-refractivity contribution in [3.05, 3.63) is 29.8 Å². The van der Waals surface area contributed by atoms with Crippen molar-refractivity contribution in [3.63, 3.8) is 0 Å². The second kappa shape index (κ2) is 4.83. The average molecular weight is 215 g/mol. The number of aliphatic carboxylic acids is 1. The van der Waals surface area contributed by atoms with Crippen LogP contribution in [0.15, 0.2) is 24.3 Å². The molecule has 1 aromatic carbocycles. The highest BCUT2D eigenvalue weighted by atomic mass is 35.5. The average Bonchev–Trinajstić information content (AvgIpc) is 2.16. The van der Waals surface area contributed by atoms with Crippen LogP contribution in [0.1, 0.15) is 5.56 Å². The fraction of sp³-hybridized carbons (Fsp3) is 0.222. The number of carboxylic acid groups (broad SMARTS) is 1. The number of nitrogen functional groups attached to an aromatic ring is 1. The lowest BCUT2D eigenvalue weighted by Gasteiger charge is -2.09. The van der Waals surface area contributed by atoms with E-state index in [-0.39, 0.29) is 0 Å². The molecular formula is C9H11ClN2O2. The first-order valence-electron chi connectivity index (χ1n) is 4.07. The number of carboxylic acids is 1. The smallest absolute Gasteiger partial charge is 0.322 e. The van der Waals surface area contributed by atoms with Crippen molar-refractivity contribution in [2.45, 2.75) is 12.5 Å². The van der Waals surface area contributed by atoms with Crippen LogP contribution in [-0.2, 0) is 11.2 Å². The lowest BCUT2D eigenvalue weighted by atomic mass is 10.1. The van der Waals surface area contributed by atoms with Crippen LogP contribution in [0.3, 0.4) is 0 Å². The second-order valence-corrected chi connectivity index (χ2v) is 3.16. The molecule has 0 aromatic heterocycles. The highest BCUT2D eigenvalue weighted by Gasteiger charge is 2.15. The largest absolute Gasteiger partial charge is 0.480 e. The summed E-state index contributed by atoms with van der Waals surface area (Å²) >= 11 is 5.29. The van der Waals surface area contributed by atoms with E-state index in [0.29, 0.717) is 12.1 Å². The number of halogens is 1. The SMILES string of the molecule is Nc1ccc(CC(NCl)C(=O)O)cc1. The first kappa shape index (κ1) is 10.8. The van der Waals surface area contributed by atoms with E-state index >= 15 is 0 Å². The van der Waals surface area contributed by atoms with Crippen LogP contribution >= 0.6 is 11.8 Å². The molecule has 1 aromatic rings. The summed E-state index contributed by atoms with van der Waals surface area (Å²) in [4.78, 5) is 12.8. The summed E-state index contributed by atoms with van der Waals surface area (Å²) in [7, 11) is 0. The third-order valence-corrected chi connectivity index (χ3v) is 2.11. The predicted molar refractivity (Wildman–Crippen MR) is 55.0 cm³/mol. The number of hydrogen-bond acceptors (Lipinski definition) is 3. The minimum Gasteiger partial charge on any atom is -0.480 e. The van der Waals surface area contributed by atoms with Gasteiger partial charge >= 0.3 is 5.97 Å². The first-order chi connectivity index (χ1) is 6.63. The monoisotopic (exact) mass is 214 g/mol. The molecule has 0 spiro atoms. The normalized spacial score (nSPS) is 12.4. The lowest BCUT2D eigenvalue weighted by Crippen LogP contribution is -2.32. The van der Waals surface area contributed by atoms with Gasteiger partial charge in [-0.1, -0.05) is 12.1 Å². The van der Waals surface area contributed by atoms with E-state index in [4.69, 9.17) is 22.6 Å². The number of benzene rings is 1. The van der Waals surface area contributed by atoms with E-state index in [1.807, 2.05) is 0 Å². The van der Waals surface area contributed by atoms with Gasteiger partial charge in [-0.25, -0.2) is 4.84 Å². The number of carbonyl (C=O) groups is 1. The van der Waals surface area contributed by atoms with Crippen LogP contribution in [0.2, 0.25) is 0 Å². The summed E-state index contributed by atoms with van der Waals surface area (Å²) in [5.74, 6) is -0.975. The van der Waals surface area contributed by atoms with Crippen molar-refractivity contribution in [3.8, 4) is 0 Å². The molecule has 0 saturated heterocycles.